The first-order valence-corrected chi connectivity index (χ1v) is 10.6. The first-order chi connectivity index (χ1) is 13.1. The van der Waals surface area contributed by atoms with Crippen LogP contribution in [0.5, 0.6) is 0 Å². The third-order valence-corrected chi connectivity index (χ3v) is 5.88. The average Bonchev–Trinajstić information content (AvgIpc) is 3.01. The van der Waals surface area contributed by atoms with E-state index in [1.54, 1.807) is 32.9 Å². The Labute approximate surface area is 165 Å². The smallest absolute Gasteiger partial charge is 0.241 e. The molecule has 0 unspecified atom stereocenters. The Bertz CT molecular complexity index is 1100. The maximum Gasteiger partial charge on any atom is 0.241 e. The summed E-state index contributed by atoms with van der Waals surface area (Å²) in [6.45, 7) is 5.88. The molecule has 7 heteroatoms. The minimum atomic E-state index is -3.65. The highest BCUT2D eigenvalue weighted by Gasteiger charge is 2.22. The average molecular weight is 400 g/mol. The zero-order valence-electron chi connectivity index (χ0n) is 16.3. The molecule has 1 amide bonds. The quantitative estimate of drug-likeness (QED) is 0.662. The highest BCUT2D eigenvalue weighted by atomic mass is 32.2. The predicted molar refractivity (Wildman–Crippen MR) is 112 cm³/mol. The Hall–Kier alpha value is -2.64. The Kier molecular flexibility index (Phi) is 5.58. The molecule has 1 heterocycles. The maximum absolute atomic E-state index is 12.5. The summed E-state index contributed by atoms with van der Waals surface area (Å²) in [5.74, 6) is -0.170. The molecule has 2 N–H and O–H groups in total. The van der Waals surface area contributed by atoms with Gasteiger partial charge >= 0.3 is 0 Å². The summed E-state index contributed by atoms with van der Waals surface area (Å²) in [5.41, 5.74) is 0.952. The van der Waals surface area contributed by atoms with Crippen molar-refractivity contribution in [3.8, 4) is 0 Å². The van der Waals surface area contributed by atoms with Gasteiger partial charge in [-0.05, 0) is 56.5 Å². The van der Waals surface area contributed by atoms with E-state index in [1.165, 1.54) is 12.1 Å². The number of amides is 1. The van der Waals surface area contributed by atoms with E-state index >= 15 is 0 Å². The minimum Gasteiger partial charge on any atom is -0.347 e. The number of rotatable bonds is 6. The van der Waals surface area contributed by atoms with Crippen LogP contribution >= 0.6 is 0 Å². The molecule has 0 atom stereocenters. The number of hydrogen-bond acceptors (Lipinski definition) is 3. The fourth-order valence-electron chi connectivity index (χ4n) is 2.98. The molecule has 6 nitrogen and oxygen atoms in total. The van der Waals surface area contributed by atoms with E-state index in [1.807, 2.05) is 41.1 Å². The van der Waals surface area contributed by atoms with Crippen molar-refractivity contribution < 1.29 is 13.2 Å². The van der Waals surface area contributed by atoms with Crippen molar-refractivity contribution >= 4 is 32.5 Å². The SMILES string of the molecule is CC(C)(C)NS(=O)(=O)c1cccc(NC(=O)CCn2ccc3ccccc32)c1. The van der Waals surface area contributed by atoms with Gasteiger partial charge in [0, 0.05) is 35.9 Å². The van der Waals surface area contributed by atoms with Crippen molar-refractivity contribution in [1.82, 2.24) is 9.29 Å². The van der Waals surface area contributed by atoms with E-state index in [4.69, 9.17) is 0 Å². The fourth-order valence-corrected chi connectivity index (χ4v) is 4.45. The standard InChI is InChI=1S/C21H25N3O3S/c1-21(2,3)23-28(26,27)18-9-6-8-17(15-18)22-20(25)12-14-24-13-11-16-7-4-5-10-19(16)24/h4-11,13,15,23H,12,14H2,1-3H3,(H,22,25). The molecule has 0 fully saturated rings. The van der Waals surface area contributed by atoms with Crippen LogP contribution in [0.25, 0.3) is 10.9 Å². The highest BCUT2D eigenvalue weighted by molar-refractivity contribution is 7.89. The molecule has 1 aromatic heterocycles. The topological polar surface area (TPSA) is 80.2 Å². The number of para-hydroxylation sites is 1. The number of aromatic nitrogens is 1. The second-order valence-corrected chi connectivity index (χ2v) is 9.43. The van der Waals surface area contributed by atoms with Gasteiger partial charge in [-0.2, -0.15) is 0 Å². The molecule has 0 aliphatic heterocycles. The van der Waals surface area contributed by atoms with E-state index in [9.17, 15) is 13.2 Å². The molecule has 2 aromatic carbocycles. The molecule has 0 saturated heterocycles. The van der Waals surface area contributed by atoms with Crippen molar-refractivity contribution in [2.75, 3.05) is 5.32 Å². The number of aryl methyl sites for hydroxylation is 1. The molecule has 148 valence electrons. The van der Waals surface area contributed by atoms with Crippen molar-refractivity contribution in [3.63, 3.8) is 0 Å². The number of hydrogen-bond donors (Lipinski definition) is 2. The summed E-state index contributed by atoms with van der Waals surface area (Å²) in [5, 5.41) is 3.91. The normalized spacial score (nSPS) is 12.2. The van der Waals surface area contributed by atoms with Gasteiger partial charge in [-0.25, -0.2) is 13.1 Å². The van der Waals surface area contributed by atoms with Gasteiger partial charge in [0.1, 0.15) is 0 Å². The van der Waals surface area contributed by atoms with Crippen molar-refractivity contribution in [1.29, 1.82) is 0 Å². The lowest BCUT2D eigenvalue weighted by Gasteiger charge is -2.20. The van der Waals surface area contributed by atoms with Crippen LogP contribution in [0.2, 0.25) is 0 Å². The van der Waals surface area contributed by atoms with Crippen molar-refractivity contribution in [2.45, 2.75) is 44.2 Å². The first kappa shape index (κ1) is 20.1. The molecule has 3 rings (SSSR count). The van der Waals surface area contributed by atoms with Gasteiger partial charge in [0.25, 0.3) is 0 Å². The summed E-state index contributed by atoms with van der Waals surface area (Å²) in [6.07, 6.45) is 2.25. The Balaban J connectivity index is 1.66. The molecular formula is C21H25N3O3S. The van der Waals surface area contributed by atoms with Gasteiger partial charge in [0.2, 0.25) is 15.9 Å². The summed E-state index contributed by atoms with van der Waals surface area (Å²) >= 11 is 0. The molecule has 28 heavy (non-hydrogen) atoms. The first-order valence-electron chi connectivity index (χ1n) is 9.12. The monoisotopic (exact) mass is 399 g/mol. The maximum atomic E-state index is 12.5. The second-order valence-electron chi connectivity index (χ2n) is 7.75. The fraction of sp³-hybridized carbons (Fsp3) is 0.286. The minimum absolute atomic E-state index is 0.122. The Morgan fingerprint density at radius 3 is 2.54 bits per heavy atom. The van der Waals surface area contributed by atoms with E-state index in [-0.39, 0.29) is 17.2 Å². The van der Waals surface area contributed by atoms with Gasteiger partial charge in [0.15, 0.2) is 0 Å². The number of fused-ring (bicyclic) bond motifs is 1. The van der Waals surface area contributed by atoms with Crippen LogP contribution < -0.4 is 10.0 Å². The molecular weight excluding hydrogens is 374 g/mol. The van der Waals surface area contributed by atoms with Crippen LogP contribution in [0.3, 0.4) is 0 Å². The number of nitrogens with zero attached hydrogens (tertiary/aromatic N) is 1. The second kappa shape index (κ2) is 7.77. The lowest BCUT2D eigenvalue weighted by Crippen LogP contribution is -2.40. The van der Waals surface area contributed by atoms with E-state index < -0.39 is 15.6 Å². The van der Waals surface area contributed by atoms with Crippen LogP contribution in [0.15, 0.2) is 65.7 Å². The molecule has 0 aliphatic rings. The van der Waals surface area contributed by atoms with Crippen LogP contribution in [-0.2, 0) is 21.4 Å². The van der Waals surface area contributed by atoms with Crippen LogP contribution in [-0.4, -0.2) is 24.4 Å². The molecule has 0 radical (unpaired) electrons. The molecule has 0 aliphatic carbocycles. The molecule has 0 bridgehead atoms. The largest absolute Gasteiger partial charge is 0.347 e. The van der Waals surface area contributed by atoms with Gasteiger partial charge in [0.05, 0.1) is 4.90 Å². The van der Waals surface area contributed by atoms with Gasteiger partial charge in [-0.15, -0.1) is 0 Å². The van der Waals surface area contributed by atoms with E-state index in [0.29, 0.717) is 12.2 Å². The lowest BCUT2D eigenvalue weighted by atomic mass is 10.1. The van der Waals surface area contributed by atoms with Gasteiger partial charge < -0.3 is 9.88 Å². The van der Waals surface area contributed by atoms with E-state index in [0.717, 1.165) is 10.9 Å². The Morgan fingerprint density at radius 2 is 1.79 bits per heavy atom. The van der Waals surface area contributed by atoms with Crippen LogP contribution in [0, 0.1) is 0 Å². The Morgan fingerprint density at radius 1 is 1.04 bits per heavy atom. The number of carbonyl (C=O) groups is 1. The summed E-state index contributed by atoms with van der Waals surface area (Å²) in [6, 6.07) is 16.3. The van der Waals surface area contributed by atoms with Crippen LogP contribution in [0.1, 0.15) is 27.2 Å². The van der Waals surface area contributed by atoms with E-state index in [2.05, 4.69) is 10.0 Å². The van der Waals surface area contributed by atoms with Crippen LogP contribution in [0.4, 0.5) is 5.69 Å². The molecule has 3 aromatic rings. The zero-order valence-corrected chi connectivity index (χ0v) is 17.1. The summed E-state index contributed by atoms with van der Waals surface area (Å²) < 4.78 is 29.6. The number of nitrogens with one attached hydrogen (secondary N) is 2. The van der Waals surface area contributed by atoms with Gasteiger partial charge in [-0.3, -0.25) is 4.79 Å². The molecule has 0 saturated carbocycles. The van der Waals surface area contributed by atoms with Crippen molar-refractivity contribution in [3.05, 3.63) is 60.8 Å². The molecule has 0 spiro atoms. The number of benzene rings is 2. The summed E-state index contributed by atoms with van der Waals surface area (Å²) in [7, 11) is -3.65. The number of sulfonamides is 1. The third kappa shape index (κ3) is 4.99. The number of anilines is 1. The number of carbonyl (C=O) groups excluding carboxylic acids is 1. The van der Waals surface area contributed by atoms with Gasteiger partial charge in [-0.1, -0.05) is 24.3 Å². The highest BCUT2D eigenvalue weighted by Crippen LogP contribution is 2.18. The third-order valence-electron chi connectivity index (χ3n) is 4.13. The summed E-state index contributed by atoms with van der Waals surface area (Å²) in [4.78, 5) is 12.5. The predicted octanol–water partition coefficient (Wildman–Crippen LogP) is 3.75. The van der Waals surface area contributed by atoms with Crippen molar-refractivity contribution in [2.24, 2.45) is 0 Å². The zero-order chi connectivity index (χ0) is 20.4. The lowest BCUT2D eigenvalue weighted by molar-refractivity contribution is -0.116.